The lowest BCUT2D eigenvalue weighted by Crippen LogP contribution is -3.15. The van der Waals surface area contributed by atoms with Gasteiger partial charge in [-0.25, -0.2) is 13.3 Å². The van der Waals surface area contributed by atoms with Crippen molar-refractivity contribution in [2.45, 2.75) is 200 Å². The predicted octanol–water partition coefficient (Wildman–Crippen LogP) is 9.43. The number of unbranched alkanes of at least 4 members (excludes halogenated alkanes) is 26. The summed E-state index contributed by atoms with van der Waals surface area (Å²) >= 11 is 0. The van der Waals surface area contributed by atoms with E-state index < -0.39 is 10.4 Å². The Balaban J connectivity index is 0.00000381. The zero-order chi connectivity index (χ0) is 37.7. The van der Waals surface area contributed by atoms with E-state index in [1.165, 1.54) is 173 Å². The van der Waals surface area contributed by atoms with Gasteiger partial charge >= 0.3 is 0 Å². The third kappa shape index (κ3) is 35.5. The lowest BCUT2D eigenvalue weighted by molar-refractivity contribution is -0.909. The first-order chi connectivity index (χ1) is 24.7. The Morgan fingerprint density at radius 1 is 0.706 bits per heavy atom. The van der Waals surface area contributed by atoms with Crippen LogP contribution in [0.15, 0.2) is 24.3 Å². The SMILES string of the molecule is CCCCCCCCCCCCCCCC=CC(=O)NCC[NH+]1CCN(C)C1C=CCCCCCCCCCCCCCCC.COS(=O)(=O)[O-]. The first-order valence-electron chi connectivity index (χ1n) is 21.4. The van der Waals surface area contributed by atoms with E-state index in [4.69, 9.17) is 0 Å². The molecule has 1 aliphatic heterocycles. The molecule has 0 spiro atoms. The van der Waals surface area contributed by atoms with Crippen LogP contribution >= 0.6 is 0 Å². The van der Waals surface area contributed by atoms with Gasteiger partial charge in [-0.3, -0.25) is 8.98 Å². The molecule has 1 rings (SSSR count). The molecule has 2 atom stereocenters. The van der Waals surface area contributed by atoms with Gasteiger partial charge in [0.05, 0.1) is 33.3 Å². The molecule has 0 radical (unpaired) electrons. The minimum absolute atomic E-state index is 0.0751. The molecule has 2 unspecified atom stereocenters. The molecule has 8 nitrogen and oxygen atoms in total. The van der Waals surface area contributed by atoms with E-state index in [0.29, 0.717) is 6.17 Å². The van der Waals surface area contributed by atoms with Crippen LogP contribution in [0.5, 0.6) is 0 Å². The van der Waals surface area contributed by atoms with Gasteiger partial charge in [-0.15, -0.1) is 0 Å². The van der Waals surface area contributed by atoms with Gasteiger partial charge in [0.1, 0.15) is 0 Å². The second-order valence-corrected chi connectivity index (χ2v) is 16.0. The third-order valence-corrected chi connectivity index (χ3v) is 10.6. The summed E-state index contributed by atoms with van der Waals surface area (Å²) in [6.07, 6.45) is 47.7. The van der Waals surface area contributed by atoms with E-state index in [2.05, 4.69) is 53.5 Å². The molecule has 1 saturated heterocycles. The maximum absolute atomic E-state index is 12.3. The number of carbonyl (C=O) groups excluding carboxylic acids is 1. The predicted molar refractivity (Wildman–Crippen MR) is 216 cm³/mol. The number of nitrogens with zero attached hydrogens (tertiary/aromatic N) is 1. The van der Waals surface area contributed by atoms with Crippen molar-refractivity contribution in [2.75, 3.05) is 40.3 Å². The number of amides is 1. The quantitative estimate of drug-likeness (QED) is 0.0224. The standard InChI is InChI=1S/C41H79N3O.CH4O4S/c1-4-6-8-10-12-14-16-18-20-22-24-26-28-30-32-34-40(45)42-36-37-44-39-38-43(3)41(44)35-33-31-29-27-25-23-21-19-17-15-13-11-9-7-5-2;1-5-6(2,3)4/h32-35,41H,4-31,36-39H2,1-3H3,(H,42,45);1H3,(H,2,3,4). The van der Waals surface area contributed by atoms with E-state index in [1.54, 1.807) is 11.0 Å². The lowest BCUT2D eigenvalue weighted by atomic mass is 10.0. The van der Waals surface area contributed by atoms with Gasteiger partial charge in [-0.1, -0.05) is 180 Å². The molecule has 0 saturated carbocycles. The van der Waals surface area contributed by atoms with Crippen molar-refractivity contribution in [3.8, 4) is 0 Å². The molecule has 0 aromatic heterocycles. The van der Waals surface area contributed by atoms with Gasteiger partial charge in [0.2, 0.25) is 16.3 Å². The fourth-order valence-electron chi connectivity index (χ4n) is 6.86. The molecule has 0 aromatic carbocycles. The van der Waals surface area contributed by atoms with E-state index in [1.807, 2.05) is 0 Å². The topological polar surface area (TPSA) is 103 Å². The highest BCUT2D eigenvalue weighted by molar-refractivity contribution is 7.80. The summed E-state index contributed by atoms with van der Waals surface area (Å²) in [6.45, 7) is 8.64. The van der Waals surface area contributed by atoms with Crippen LogP contribution in [-0.4, -0.2) is 70.3 Å². The van der Waals surface area contributed by atoms with Crippen molar-refractivity contribution in [1.29, 1.82) is 0 Å². The number of likely N-dealkylation sites (N-methyl/N-ethyl adjacent to an activating group) is 1. The Hall–Kier alpha value is -1.26. The average Bonchev–Trinajstić information content (AvgIpc) is 3.46. The summed E-state index contributed by atoms with van der Waals surface area (Å²) in [5.74, 6) is 0.0751. The summed E-state index contributed by atoms with van der Waals surface area (Å²) < 4.78 is 31.0. The molecule has 1 amide bonds. The minimum Gasteiger partial charge on any atom is -0.726 e. The normalized spacial score (nSPS) is 16.6. The second-order valence-electron chi connectivity index (χ2n) is 14.8. The van der Waals surface area contributed by atoms with Crippen LogP contribution in [0.2, 0.25) is 0 Å². The lowest BCUT2D eigenvalue weighted by Gasteiger charge is -2.22. The van der Waals surface area contributed by atoms with E-state index in [0.717, 1.165) is 39.7 Å². The fourth-order valence-corrected chi connectivity index (χ4v) is 6.86. The van der Waals surface area contributed by atoms with Crippen molar-refractivity contribution in [2.24, 2.45) is 0 Å². The number of nitrogens with one attached hydrogen (secondary N) is 2. The molecule has 0 aromatic rings. The summed E-state index contributed by atoms with van der Waals surface area (Å²) in [7, 11) is -1.36. The first kappa shape index (κ1) is 49.7. The number of quaternary nitrogens is 1. The molecule has 1 aliphatic rings. The van der Waals surface area contributed by atoms with Crippen LogP contribution in [0.4, 0.5) is 0 Å². The Labute approximate surface area is 317 Å². The van der Waals surface area contributed by atoms with Gasteiger partial charge in [0.25, 0.3) is 0 Å². The van der Waals surface area contributed by atoms with Gasteiger partial charge in [-0.2, -0.15) is 0 Å². The molecule has 1 heterocycles. The Morgan fingerprint density at radius 2 is 1.08 bits per heavy atom. The number of allylic oxidation sites excluding steroid dienone is 2. The zero-order valence-corrected chi connectivity index (χ0v) is 34.7. The maximum atomic E-state index is 12.3. The molecule has 9 heteroatoms. The molecular weight excluding hydrogens is 659 g/mol. The van der Waals surface area contributed by atoms with Crippen LogP contribution in [0, 0.1) is 0 Å². The van der Waals surface area contributed by atoms with Crippen molar-refractivity contribution < 1.29 is 26.8 Å². The van der Waals surface area contributed by atoms with E-state index in [9.17, 15) is 17.8 Å². The number of hydrogen-bond donors (Lipinski definition) is 2. The Bertz CT molecular complexity index is 927. The molecule has 0 aliphatic carbocycles. The molecule has 1 fully saturated rings. The van der Waals surface area contributed by atoms with Crippen LogP contribution in [0.1, 0.15) is 194 Å². The molecular formula is C42H83N3O5S. The largest absolute Gasteiger partial charge is 0.726 e. The molecule has 302 valence electrons. The summed E-state index contributed by atoms with van der Waals surface area (Å²) in [6, 6.07) is 0. The molecule has 0 bridgehead atoms. The van der Waals surface area contributed by atoms with Gasteiger partial charge in [0.15, 0.2) is 6.17 Å². The fraction of sp³-hybridized carbons (Fsp3) is 0.881. The minimum atomic E-state index is -4.41. The smallest absolute Gasteiger partial charge is 0.243 e. The van der Waals surface area contributed by atoms with Crippen molar-refractivity contribution in [3.63, 3.8) is 0 Å². The maximum Gasteiger partial charge on any atom is 0.243 e. The third-order valence-electron chi connectivity index (χ3n) is 10.2. The monoisotopic (exact) mass is 742 g/mol. The van der Waals surface area contributed by atoms with Crippen LogP contribution in [0.3, 0.4) is 0 Å². The molecule has 2 N–H and O–H groups in total. The average molecular weight is 742 g/mol. The summed E-state index contributed by atoms with van der Waals surface area (Å²) in [4.78, 5) is 16.3. The Morgan fingerprint density at radius 3 is 1.47 bits per heavy atom. The van der Waals surface area contributed by atoms with Gasteiger partial charge < -0.3 is 14.8 Å². The van der Waals surface area contributed by atoms with Crippen molar-refractivity contribution in [3.05, 3.63) is 24.3 Å². The molecule has 51 heavy (non-hydrogen) atoms. The van der Waals surface area contributed by atoms with Crippen molar-refractivity contribution >= 4 is 16.3 Å². The zero-order valence-electron chi connectivity index (χ0n) is 33.9. The van der Waals surface area contributed by atoms with Crippen LogP contribution < -0.4 is 10.2 Å². The highest BCUT2D eigenvalue weighted by Crippen LogP contribution is 2.14. The highest BCUT2D eigenvalue weighted by Gasteiger charge is 2.30. The van der Waals surface area contributed by atoms with Gasteiger partial charge in [-0.05, 0) is 44.9 Å². The second kappa shape index (κ2) is 37.1. The summed E-state index contributed by atoms with van der Waals surface area (Å²) in [5, 5.41) is 3.13. The van der Waals surface area contributed by atoms with Crippen LogP contribution in [0.25, 0.3) is 0 Å². The Kier molecular flexibility index (Phi) is 36.2. The van der Waals surface area contributed by atoms with E-state index in [-0.39, 0.29) is 5.91 Å². The van der Waals surface area contributed by atoms with Crippen molar-refractivity contribution in [1.82, 2.24) is 10.2 Å². The highest BCUT2D eigenvalue weighted by atomic mass is 32.3. The van der Waals surface area contributed by atoms with Crippen LogP contribution in [-0.2, 0) is 19.4 Å². The van der Waals surface area contributed by atoms with Gasteiger partial charge in [0, 0.05) is 0 Å². The van der Waals surface area contributed by atoms with E-state index >= 15 is 0 Å². The number of hydrogen-bond acceptors (Lipinski definition) is 6. The number of rotatable bonds is 34. The first-order valence-corrected chi connectivity index (χ1v) is 22.8. The number of carbonyl (C=O) groups is 1. The summed E-state index contributed by atoms with van der Waals surface area (Å²) in [5.41, 5.74) is 0.